The average Bonchev–Trinajstić information content (AvgIpc) is 3.34. The molecule has 11 heteroatoms. The molecule has 0 unspecified atom stereocenters. The number of alkyl halides is 2. The number of carbonyl (C=O) groups excluding carboxylic acids is 1. The normalized spacial score (nSPS) is 15.7. The van der Waals surface area contributed by atoms with Crippen LogP contribution in [0.1, 0.15) is 34.8 Å². The molecule has 3 heterocycles. The van der Waals surface area contributed by atoms with Crippen molar-refractivity contribution in [3.63, 3.8) is 0 Å². The molecular formula is C20H16BrF2N7O. The number of hydrogen-bond donors (Lipinski definition) is 1. The highest BCUT2D eigenvalue weighted by Gasteiger charge is 2.47. The smallest absolute Gasteiger partial charge is 0.259 e. The van der Waals surface area contributed by atoms with Crippen molar-refractivity contribution in [1.82, 2.24) is 29.8 Å². The summed E-state index contributed by atoms with van der Waals surface area (Å²) in [5.41, 5.74) is 3.16. The Kier molecular flexibility index (Phi) is 4.58. The van der Waals surface area contributed by atoms with E-state index in [1.807, 2.05) is 25.1 Å². The second-order valence-electron chi connectivity index (χ2n) is 7.57. The molecule has 0 bridgehead atoms. The fourth-order valence-electron chi connectivity index (χ4n) is 3.50. The number of nitrogens with one attached hydrogen (secondary N) is 1. The van der Waals surface area contributed by atoms with E-state index in [1.165, 1.54) is 11.0 Å². The molecule has 5 rings (SSSR count). The predicted octanol–water partition coefficient (Wildman–Crippen LogP) is 4.28. The third-order valence-electron chi connectivity index (χ3n) is 5.30. The summed E-state index contributed by atoms with van der Waals surface area (Å²) in [6.07, 6.45) is 2.70. The lowest BCUT2D eigenvalue weighted by molar-refractivity contribution is -0.110. The van der Waals surface area contributed by atoms with Crippen LogP contribution < -0.4 is 5.32 Å². The largest absolute Gasteiger partial charge is 0.322 e. The van der Waals surface area contributed by atoms with Gasteiger partial charge in [-0.25, -0.2) is 13.3 Å². The molecule has 0 atom stereocenters. The molecule has 1 N–H and O–H groups in total. The molecule has 1 aliphatic rings. The van der Waals surface area contributed by atoms with Gasteiger partial charge in [0.15, 0.2) is 0 Å². The Morgan fingerprint density at radius 1 is 1.26 bits per heavy atom. The zero-order chi connectivity index (χ0) is 21.8. The number of amides is 1. The summed E-state index contributed by atoms with van der Waals surface area (Å²) in [7, 11) is 0. The third-order valence-corrected chi connectivity index (χ3v) is 5.79. The average molecular weight is 488 g/mol. The Bertz CT molecular complexity index is 1310. The van der Waals surface area contributed by atoms with Crippen LogP contribution in [0.3, 0.4) is 0 Å². The standard InChI is InChI=1S/C20H16BrF2N7O/c1-11-2-3-12(18-26-28-30(27-18)14-8-20(22,23)9-14)6-16(11)25-19(31)15-10-24-29-5-4-13(21)7-17(15)29/h2-7,10,14H,8-9H2,1H3,(H,25,31). The summed E-state index contributed by atoms with van der Waals surface area (Å²) in [5, 5.41) is 19.3. The van der Waals surface area contributed by atoms with Crippen molar-refractivity contribution in [2.75, 3.05) is 5.32 Å². The number of hydrogen-bond acceptors (Lipinski definition) is 5. The van der Waals surface area contributed by atoms with Crippen LogP contribution in [0.4, 0.5) is 14.5 Å². The number of nitrogens with zero attached hydrogens (tertiary/aromatic N) is 6. The van der Waals surface area contributed by atoms with Crippen LogP contribution in [0.5, 0.6) is 0 Å². The minimum atomic E-state index is -2.66. The third kappa shape index (κ3) is 3.69. The molecule has 8 nitrogen and oxygen atoms in total. The number of fused-ring (bicyclic) bond motifs is 1. The van der Waals surface area contributed by atoms with Gasteiger partial charge in [0.05, 0.1) is 23.3 Å². The van der Waals surface area contributed by atoms with Crippen molar-refractivity contribution in [2.24, 2.45) is 0 Å². The molecule has 1 amide bonds. The van der Waals surface area contributed by atoms with Crippen LogP contribution >= 0.6 is 15.9 Å². The number of halogens is 3. The fraction of sp³-hybridized carbons (Fsp3) is 0.250. The fourth-order valence-corrected chi connectivity index (χ4v) is 3.84. The molecule has 3 aromatic heterocycles. The summed E-state index contributed by atoms with van der Waals surface area (Å²) in [4.78, 5) is 14.1. The van der Waals surface area contributed by atoms with E-state index >= 15 is 0 Å². The van der Waals surface area contributed by atoms with Crippen LogP contribution in [-0.4, -0.2) is 41.7 Å². The number of anilines is 1. The first-order valence-electron chi connectivity index (χ1n) is 9.52. The van der Waals surface area contributed by atoms with Crippen LogP contribution in [0.2, 0.25) is 0 Å². The van der Waals surface area contributed by atoms with E-state index < -0.39 is 12.0 Å². The Labute approximate surface area is 183 Å². The van der Waals surface area contributed by atoms with E-state index in [-0.39, 0.29) is 18.7 Å². The van der Waals surface area contributed by atoms with Crippen molar-refractivity contribution >= 4 is 33.0 Å². The number of aryl methyl sites for hydroxylation is 1. The number of tetrazole rings is 1. The SMILES string of the molecule is Cc1ccc(-c2nnn(C3CC(F)(F)C3)n2)cc1NC(=O)c1cnn2ccc(Br)cc12. The highest BCUT2D eigenvalue weighted by atomic mass is 79.9. The number of benzene rings is 1. The first-order chi connectivity index (χ1) is 14.8. The van der Waals surface area contributed by atoms with Gasteiger partial charge in [-0.3, -0.25) is 4.79 Å². The Morgan fingerprint density at radius 2 is 2.06 bits per heavy atom. The van der Waals surface area contributed by atoms with Gasteiger partial charge in [-0.1, -0.05) is 28.1 Å². The minimum Gasteiger partial charge on any atom is -0.322 e. The van der Waals surface area contributed by atoms with E-state index in [0.29, 0.717) is 28.2 Å². The molecule has 31 heavy (non-hydrogen) atoms. The molecule has 1 aliphatic carbocycles. The van der Waals surface area contributed by atoms with Crippen molar-refractivity contribution in [3.05, 3.63) is 58.3 Å². The molecule has 158 valence electrons. The second kappa shape index (κ2) is 7.19. The van der Waals surface area contributed by atoms with E-state index in [2.05, 4.69) is 41.8 Å². The second-order valence-corrected chi connectivity index (χ2v) is 8.48. The molecule has 0 aliphatic heterocycles. The Hall–Kier alpha value is -3.21. The number of carbonyl (C=O) groups is 1. The number of rotatable bonds is 4. The van der Waals surface area contributed by atoms with Gasteiger partial charge in [-0.2, -0.15) is 9.90 Å². The number of pyridine rings is 1. The number of aromatic nitrogens is 6. The van der Waals surface area contributed by atoms with E-state index in [9.17, 15) is 13.6 Å². The van der Waals surface area contributed by atoms with Gasteiger partial charge in [-0.15, -0.1) is 10.2 Å². The van der Waals surface area contributed by atoms with Crippen LogP contribution in [0, 0.1) is 6.92 Å². The first kappa shape index (κ1) is 19.7. The highest BCUT2D eigenvalue weighted by Crippen LogP contribution is 2.44. The lowest BCUT2D eigenvalue weighted by Crippen LogP contribution is -2.38. The molecule has 0 saturated heterocycles. The van der Waals surface area contributed by atoms with E-state index in [4.69, 9.17) is 0 Å². The highest BCUT2D eigenvalue weighted by molar-refractivity contribution is 9.10. The lowest BCUT2D eigenvalue weighted by Gasteiger charge is -2.33. The van der Waals surface area contributed by atoms with Gasteiger partial charge in [-0.05, 0) is 35.9 Å². The quantitative estimate of drug-likeness (QED) is 0.463. The Balaban J connectivity index is 1.39. The van der Waals surface area contributed by atoms with Gasteiger partial charge in [0.2, 0.25) is 5.82 Å². The molecule has 4 aromatic rings. The van der Waals surface area contributed by atoms with Gasteiger partial charge in [0.25, 0.3) is 11.8 Å². The summed E-state index contributed by atoms with van der Waals surface area (Å²) in [5.74, 6) is -2.65. The van der Waals surface area contributed by atoms with Crippen molar-refractivity contribution in [3.8, 4) is 11.4 Å². The van der Waals surface area contributed by atoms with E-state index in [1.54, 1.807) is 22.8 Å². The molecular weight excluding hydrogens is 472 g/mol. The van der Waals surface area contributed by atoms with Gasteiger partial charge in [0, 0.05) is 34.8 Å². The van der Waals surface area contributed by atoms with Crippen molar-refractivity contribution < 1.29 is 13.6 Å². The van der Waals surface area contributed by atoms with Gasteiger partial charge >= 0.3 is 0 Å². The molecule has 0 spiro atoms. The van der Waals surface area contributed by atoms with Crippen molar-refractivity contribution in [1.29, 1.82) is 0 Å². The predicted molar refractivity (Wildman–Crippen MR) is 112 cm³/mol. The van der Waals surface area contributed by atoms with Gasteiger partial charge < -0.3 is 5.32 Å². The zero-order valence-corrected chi connectivity index (χ0v) is 17.8. The van der Waals surface area contributed by atoms with Crippen LogP contribution in [0.25, 0.3) is 16.9 Å². The van der Waals surface area contributed by atoms with E-state index in [0.717, 1.165) is 10.0 Å². The maximum absolute atomic E-state index is 13.1. The maximum Gasteiger partial charge on any atom is 0.259 e. The van der Waals surface area contributed by atoms with Crippen LogP contribution in [0.15, 0.2) is 47.2 Å². The zero-order valence-electron chi connectivity index (χ0n) is 16.3. The minimum absolute atomic E-state index is 0.284. The lowest BCUT2D eigenvalue weighted by atomic mass is 9.89. The molecule has 0 radical (unpaired) electrons. The van der Waals surface area contributed by atoms with Gasteiger partial charge in [0.1, 0.15) is 0 Å². The van der Waals surface area contributed by atoms with Crippen molar-refractivity contribution in [2.45, 2.75) is 31.7 Å². The monoisotopic (exact) mass is 487 g/mol. The summed E-state index contributed by atoms with van der Waals surface area (Å²) in [6.45, 7) is 1.87. The molecule has 1 fully saturated rings. The summed E-state index contributed by atoms with van der Waals surface area (Å²) < 4.78 is 28.7. The van der Waals surface area contributed by atoms with Crippen LogP contribution in [-0.2, 0) is 0 Å². The molecule has 1 saturated carbocycles. The maximum atomic E-state index is 13.1. The topological polar surface area (TPSA) is 90.0 Å². The summed E-state index contributed by atoms with van der Waals surface area (Å²) >= 11 is 3.41. The Morgan fingerprint density at radius 3 is 2.84 bits per heavy atom. The first-order valence-corrected chi connectivity index (χ1v) is 10.3. The molecule has 1 aromatic carbocycles. The summed E-state index contributed by atoms with van der Waals surface area (Å²) in [6, 6.07) is 8.57.